The summed E-state index contributed by atoms with van der Waals surface area (Å²) in [6, 6.07) is 21.8. The van der Waals surface area contributed by atoms with Gasteiger partial charge in [-0.25, -0.2) is 4.79 Å². The van der Waals surface area contributed by atoms with Gasteiger partial charge in [-0.3, -0.25) is 4.98 Å². The van der Waals surface area contributed by atoms with E-state index in [1.54, 1.807) is 24.4 Å². The number of pyridine rings is 1. The third-order valence-electron chi connectivity index (χ3n) is 7.83. The maximum atomic E-state index is 11.5. The van der Waals surface area contributed by atoms with Crippen LogP contribution in [-0.2, 0) is 0 Å². The smallest absolute Gasteiger partial charge is 0.335 e. The van der Waals surface area contributed by atoms with E-state index >= 15 is 0 Å². The first-order valence-corrected chi connectivity index (χ1v) is 14.6. The second-order valence-electron chi connectivity index (χ2n) is 11.1. The van der Waals surface area contributed by atoms with Gasteiger partial charge in [0, 0.05) is 30.5 Å². The molecule has 2 aliphatic rings. The van der Waals surface area contributed by atoms with Crippen molar-refractivity contribution in [3.63, 3.8) is 0 Å². The molecule has 4 heterocycles. The van der Waals surface area contributed by atoms with Crippen LogP contribution >= 0.6 is 23.8 Å². The Bertz CT molecular complexity index is 1580. The lowest BCUT2D eigenvalue weighted by atomic mass is 9.91. The van der Waals surface area contributed by atoms with Crippen molar-refractivity contribution < 1.29 is 14.3 Å². The monoisotopic (exact) mass is 586 g/mol. The van der Waals surface area contributed by atoms with Crippen LogP contribution in [0.5, 0.6) is 0 Å². The van der Waals surface area contributed by atoms with Gasteiger partial charge in [0.15, 0.2) is 5.11 Å². The van der Waals surface area contributed by atoms with E-state index in [1.165, 1.54) is 6.42 Å². The van der Waals surface area contributed by atoms with Gasteiger partial charge in [-0.15, -0.1) is 0 Å². The van der Waals surface area contributed by atoms with E-state index in [4.69, 9.17) is 28.2 Å². The molecule has 0 aliphatic carbocycles. The highest BCUT2D eigenvalue weighted by molar-refractivity contribution is 7.80. The highest BCUT2D eigenvalue weighted by atomic mass is 35.5. The summed E-state index contributed by atoms with van der Waals surface area (Å²) in [6.07, 6.45) is 2.99. The number of aromatic carboxylic acids is 1. The average Bonchev–Trinajstić information content (AvgIpc) is 3.57. The van der Waals surface area contributed by atoms with E-state index in [0.29, 0.717) is 39.1 Å². The number of piperidine rings is 1. The Morgan fingerprint density at radius 3 is 2.56 bits per heavy atom. The van der Waals surface area contributed by atoms with Crippen LogP contribution in [-0.4, -0.2) is 34.3 Å². The zero-order chi connectivity index (χ0) is 28.7. The number of hydrogen-bond donors (Lipinski definition) is 2. The van der Waals surface area contributed by atoms with Crippen molar-refractivity contribution in [3.8, 4) is 11.3 Å². The van der Waals surface area contributed by atoms with E-state index in [9.17, 15) is 9.90 Å². The molecule has 41 heavy (non-hydrogen) atoms. The van der Waals surface area contributed by atoms with Gasteiger partial charge in [-0.1, -0.05) is 43.6 Å². The van der Waals surface area contributed by atoms with Gasteiger partial charge in [0.05, 0.1) is 28.0 Å². The number of thiocarbonyl (C=S) groups is 1. The second kappa shape index (κ2) is 11.2. The van der Waals surface area contributed by atoms with Gasteiger partial charge in [0.2, 0.25) is 0 Å². The maximum Gasteiger partial charge on any atom is 0.335 e. The van der Waals surface area contributed by atoms with E-state index in [1.807, 2.05) is 47.4 Å². The average molecular weight is 587 g/mol. The Hall–Kier alpha value is -3.88. The molecular formula is C32H31ClN4O3S. The number of carbonyl (C=O) groups is 1. The normalized spacial score (nSPS) is 22.6. The van der Waals surface area contributed by atoms with Crippen molar-refractivity contribution in [2.24, 2.45) is 11.8 Å². The molecule has 4 aromatic rings. The number of carboxylic acid groups (broad SMARTS) is 1. The van der Waals surface area contributed by atoms with Crippen molar-refractivity contribution in [3.05, 3.63) is 101 Å². The van der Waals surface area contributed by atoms with Gasteiger partial charge in [-0.2, -0.15) is 0 Å². The van der Waals surface area contributed by atoms with E-state index in [2.05, 4.69) is 41.2 Å². The fourth-order valence-electron chi connectivity index (χ4n) is 6.16. The largest absolute Gasteiger partial charge is 0.478 e. The first-order valence-electron chi connectivity index (χ1n) is 13.8. The number of benzene rings is 2. The minimum absolute atomic E-state index is 0.198. The quantitative estimate of drug-likeness (QED) is 0.227. The van der Waals surface area contributed by atoms with Gasteiger partial charge < -0.3 is 24.6 Å². The molecule has 6 rings (SSSR count). The third kappa shape index (κ3) is 5.42. The molecule has 0 radical (unpaired) electrons. The van der Waals surface area contributed by atoms with Crippen LogP contribution in [0.2, 0.25) is 5.02 Å². The molecule has 7 nitrogen and oxygen atoms in total. The lowest BCUT2D eigenvalue weighted by Crippen LogP contribution is -2.38. The lowest BCUT2D eigenvalue weighted by Gasteiger charge is -2.37. The molecule has 2 aliphatic heterocycles. The molecule has 210 valence electrons. The summed E-state index contributed by atoms with van der Waals surface area (Å²) in [6.45, 7) is 6.54. The van der Waals surface area contributed by atoms with Gasteiger partial charge in [0.25, 0.3) is 0 Å². The third-order valence-corrected chi connectivity index (χ3v) is 8.45. The number of aromatic nitrogens is 1. The van der Waals surface area contributed by atoms with Crippen LogP contribution < -0.4 is 15.1 Å². The molecule has 0 unspecified atom stereocenters. The van der Waals surface area contributed by atoms with Crippen LogP contribution in [0.3, 0.4) is 0 Å². The summed E-state index contributed by atoms with van der Waals surface area (Å²) >= 11 is 12.8. The van der Waals surface area contributed by atoms with Crippen molar-refractivity contribution in [2.75, 3.05) is 22.9 Å². The number of halogens is 1. The molecule has 2 fully saturated rings. The molecule has 2 saturated heterocycles. The molecule has 2 aromatic carbocycles. The predicted octanol–water partition coefficient (Wildman–Crippen LogP) is 7.35. The van der Waals surface area contributed by atoms with E-state index in [0.717, 1.165) is 30.2 Å². The SMILES string of the molecule is C[C@@H]1C[C@H](C)CN(c2ccc(N3C(=S)N[C@@H](c4ccccn4)[C@H]3c3ccc(-c4cccc(C(=O)O)c4)o3)cc2Cl)C1. The number of furan rings is 1. The fraction of sp³-hybridized carbons (Fsp3) is 0.281. The Morgan fingerprint density at radius 2 is 1.85 bits per heavy atom. The topological polar surface area (TPSA) is 81.8 Å². The molecular weight excluding hydrogens is 556 g/mol. The number of carboxylic acids is 1. The highest BCUT2D eigenvalue weighted by Crippen LogP contribution is 2.44. The number of nitrogens with zero attached hydrogens (tertiary/aromatic N) is 3. The number of hydrogen-bond acceptors (Lipinski definition) is 5. The maximum absolute atomic E-state index is 11.5. The van der Waals surface area contributed by atoms with Crippen molar-refractivity contribution in [1.82, 2.24) is 10.3 Å². The van der Waals surface area contributed by atoms with E-state index < -0.39 is 5.97 Å². The number of rotatable bonds is 6. The second-order valence-corrected chi connectivity index (χ2v) is 11.9. The van der Waals surface area contributed by atoms with Gasteiger partial charge in [-0.05, 0) is 85.1 Å². The highest BCUT2D eigenvalue weighted by Gasteiger charge is 2.43. The van der Waals surface area contributed by atoms with Crippen molar-refractivity contribution >= 4 is 46.3 Å². The molecule has 0 bridgehead atoms. The summed E-state index contributed by atoms with van der Waals surface area (Å²) in [4.78, 5) is 20.6. The molecule has 0 amide bonds. The zero-order valence-electron chi connectivity index (χ0n) is 22.8. The minimum Gasteiger partial charge on any atom is -0.478 e. The molecule has 9 heteroatoms. The number of nitrogens with one attached hydrogen (secondary N) is 1. The lowest BCUT2D eigenvalue weighted by molar-refractivity contribution is 0.0697. The summed E-state index contributed by atoms with van der Waals surface area (Å²) in [7, 11) is 0. The van der Waals surface area contributed by atoms with Gasteiger partial charge >= 0.3 is 5.97 Å². The first kappa shape index (κ1) is 27.3. The molecule has 2 N–H and O–H groups in total. The summed E-state index contributed by atoms with van der Waals surface area (Å²) in [5.74, 6) is 1.47. The zero-order valence-corrected chi connectivity index (χ0v) is 24.4. The van der Waals surface area contributed by atoms with Crippen LogP contribution in [0.15, 0.2) is 83.4 Å². The molecule has 0 spiro atoms. The number of anilines is 2. The molecule has 0 saturated carbocycles. The van der Waals surface area contributed by atoms with Crippen molar-refractivity contribution in [2.45, 2.75) is 32.4 Å². The van der Waals surface area contributed by atoms with Crippen molar-refractivity contribution in [1.29, 1.82) is 0 Å². The minimum atomic E-state index is -0.987. The van der Waals surface area contributed by atoms with Crippen LogP contribution in [0.25, 0.3) is 11.3 Å². The standard InChI is InChI=1S/C32H31ClN4O3S/c1-19-14-20(2)18-36(17-19)26-10-9-23(16-24(26)33)37-30(29(35-32(37)41)25-8-3-4-13-34-25)28-12-11-27(40-28)21-6-5-7-22(15-21)31(38)39/h3-13,15-16,19-20,29-30H,14,17-18H2,1-2H3,(H,35,41)(H,38,39)/t19-,20+,29-,30+/m0/s1. The molecule has 4 atom stereocenters. The van der Waals surface area contributed by atoms with Crippen LogP contribution in [0.4, 0.5) is 11.4 Å². The van der Waals surface area contributed by atoms with E-state index in [-0.39, 0.29) is 17.6 Å². The summed E-state index contributed by atoms with van der Waals surface area (Å²) in [5, 5.41) is 14.1. The fourth-order valence-corrected chi connectivity index (χ4v) is 6.80. The first-order chi connectivity index (χ1) is 19.8. The Balaban J connectivity index is 1.38. The predicted molar refractivity (Wildman–Crippen MR) is 166 cm³/mol. The summed E-state index contributed by atoms with van der Waals surface area (Å²) in [5.41, 5.74) is 3.59. The summed E-state index contributed by atoms with van der Waals surface area (Å²) < 4.78 is 6.41. The van der Waals surface area contributed by atoms with Crippen LogP contribution in [0, 0.1) is 11.8 Å². The Kier molecular flexibility index (Phi) is 7.45. The van der Waals surface area contributed by atoms with Crippen LogP contribution in [0.1, 0.15) is 54.2 Å². The Morgan fingerprint density at radius 1 is 1.05 bits per heavy atom. The van der Waals surface area contributed by atoms with Gasteiger partial charge in [0.1, 0.15) is 17.6 Å². The Labute approximate surface area is 249 Å². The molecule has 2 aromatic heterocycles.